The molecule has 0 radical (unpaired) electrons. The zero-order valence-electron chi connectivity index (χ0n) is 16.0. The number of carboxylic acid groups (broad SMARTS) is 1. The molecule has 1 aliphatic carbocycles. The van der Waals surface area contributed by atoms with Gasteiger partial charge in [0.25, 0.3) is 5.91 Å². The van der Waals surface area contributed by atoms with Crippen molar-refractivity contribution in [2.24, 2.45) is 0 Å². The number of carbonyl (C=O) groups is 2. The molecular weight excluding hydrogens is 358 g/mol. The van der Waals surface area contributed by atoms with Gasteiger partial charge < -0.3 is 15.2 Å². The normalized spacial score (nSPS) is 17.9. The SMILES string of the molecule is Cc1ccc(-n2nc(C(=O)NC3(CC(=O)O)CCOCC3)c3c2CCC3)cc1. The average molecular weight is 383 g/mol. The summed E-state index contributed by atoms with van der Waals surface area (Å²) in [4.78, 5) is 24.5. The highest BCUT2D eigenvalue weighted by Gasteiger charge is 2.38. The number of hydrogen-bond donors (Lipinski definition) is 2. The lowest BCUT2D eigenvalue weighted by Gasteiger charge is -2.36. The Kier molecular flexibility index (Phi) is 4.93. The minimum absolute atomic E-state index is 0.108. The van der Waals surface area contributed by atoms with Gasteiger partial charge in [-0.2, -0.15) is 5.10 Å². The number of aryl methyl sites for hydroxylation is 1. The van der Waals surface area contributed by atoms with Crippen LogP contribution in [0.2, 0.25) is 0 Å². The van der Waals surface area contributed by atoms with Crippen LogP contribution in [0, 0.1) is 6.92 Å². The van der Waals surface area contributed by atoms with E-state index < -0.39 is 11.5 Å². The Hall–Kier alpha value is -2.67. The van der Waals surface area contributed by atoms with E-state index in [1.165, 1.54) is 5.56 Å². The van der Waals surface area contributed by atoms with Gasteiger partial charge in [-0.25, -0.2) is 4.68 Å². The highest BCUT2D eigenvalue weighted by Crippen LogP contribution is 2.30. The lowest BCUT2D eigenvalue weighted by molar-refractivity contribution is -0.139. The first kappa shape index (κ1) is 18.7. The van der Waals surface area contributed by atoms with E-state index in [1.807, 2.05) is 35.9 Å². The first-order chi connectivity index (χ1) is 13.5. The molecule has 1 fully saturated rings. The van der Waals surface area contributed by atoms with Gasteiger partial charge in [-0.15, -0.1) is 0 Å². The van der Waals surface area contributed by atoms with Crippen LogP contribution in [0.5, 0.6) is 0 Å². The van der Waals surface area contributed by atoms with Gasteiger partial charge in [0.2, 0.25) is 0 Å². The number of benzene rings is 1. The molecule has 7 heteroatoms. The van der Waals surface area contributed by atoms with Crippen LogP contribution in [0.4, 0.5) is 0 Å². The third-order valence-corrected chi connectivity index (χ3v) is 5.74. The molecule has 0 bridgehead atoms. The highest BCUT2D eigenvalue weighted by molar-refractivity contribution is 5.95. The Morgan fingerprint density at radius 1 is 1.21 bits per heavy atom. The third kappa shape index (κ3) is 3.54. The molecule has 1 aromatic heterocycles. The van der Waals surface area contributed by atoms with E-state index in [1.54, 1.807) is 0 Å². The lowest BCUT2D eigenvalue weighted by Crippen LogP contribution is -2.53. The molecule has 1 saturated heterocycles. The zero-order valence-corrected chi connectivity index (χ0v) is 16.0. The molecule has 7 nitrogen and oxygen atoms in total. The third-order valence-electron chi connectivity index (χ3n) is 5.74. The molecule has 0 atom stereocenters. The molecule has 1 aromatic carbocycles. The topological polar surface area (TPSA) is 93.5 Å². The number of aliphatic carboxylic acids is 1. The Balaban J connectivity index is 1.65. The van der Waals surface area contributed by atoms with Crippen LogP contribution in [-0.4, -0.2) is 45.5 Å². The molecule has 2 aromatic rings. The van der Waals surface area contributed by atoms with Crippen molar-refractivity contribution in [1.29, 1.82) is 0 Å². The minimum Gasteiger partial charge on any atom is -0.481 e. The maximum atomic E-state index is 13.1. The molecular formula is C21H25N3O4. The number of fused-ring (bicyclic) bond motifs is 1. The summed E-state index contributed by atoms with van der Waals surface area (Å²) in [6, 6.07) is 8.07. The fraction of sp³-hybridized carbons (Fsp3) is 0.476. The molecule has 0 spiro atoms. The van der Waals surface area contributed by atoms with E-state index in [0.717, 1.165) is 36.2 Å². The van der Waals surface area contributed by atoms with E-state index in [9.17, 15) is 14.7 Å². The van der Waals surface area contributed by atoms with E-state index in [0.29, 0.717) is 31.7 Å². The fourth-order valence-corrected chi connectivity index (χ4v) is 4.22. The molecule has 2 heterocycles. The van der Waals surface area contributed by atoms with Gasteiger partial charge >= 0.3 is 5.97 Å². The maximum Gasteiger partial charge on any atom is 0.305 e. The van der Waals surface area contributed by atoms with Crippen LogP contribution in [-0.2, 0) is 22.4 Å². The molecule has 4 rings (SSSR count). The highest BCUT2D eigenvalue weighted by atomic mass is 16.5. The van der Waals surface area contributed by atoms with Crippen LogP contribution in [0.1, 0.15) is 53.0 Å². The Morgan fingerprint density at radius 2 is 1.93 bits per heavy atom. The van der Waals surface area contributed by atoms with Crippen molar-refractivity contribution in [3.05, 3.63) is 46.8 Å². The van der Waals surface area contributed by atoms with Crippen LogP contribution in [0.25, 0.3) is 5.69 Å². The summed E-state index contributed by atoms with van der Waals surface area (Å²) < 4.78 is 7.24. The van der Waals surface area contributed by atoms with Crippen molar-refractivity contribution in [2.75, 3.05) is 13.2 Å². The van der Waals surface area contributed by atoms with Crippen molar-refractivity contribution < 1.29 is 19.4 Å². The number of carboxylic acids is 1. The van der Waals surface area contributed by atoms with Crippen LogP contribution >= 0.6 is 0 Å². The summed E-state index contributed by atoms with van der Waals surface area (Å²) in [5.41, 5.74) is 3.81. The Labute approximate surface area is 163 Å². The number of hydrogen-bond acceptors (Lipinski definition) is 4. The molecule has 2 N–H and O–H groups in total. The van der Waals surface area contributed by atoms with E-state index >= 15 is 0 Å². The predicted octanol–water partition coefficient (Wildman–Crippen LogP) is 2.42. The summed E-state index contributed by atoms with van der Waals surface area (Å²) in [5.74, 6) is -1.20. The number of amides is 1. The van der Waals surface area contributed by atoms with Crippen molar-refractivity contribution >= 4 is 11.9 Å². The van der Waals surface area contributed by atoms with Gasteiger partial charge in [0.05, 0.1) is 17.6 Å². The smallest absolute Gasteiger partial charge is 0.305 e. The first-order valence-corrected chi connectivity index (χ1v) is 9.77. The Bertz CT molecular complexity index is 895. The number of aromatic nitrogens is 2. The van der Waals surface area contributed by atoms with Crippen molar-refractivity contribution in [1.82, 2.24) is 15.1 Å². The number of rotatable bonds is 5. The van der Waals surface area contributed by atoms with Gasteiger partial charge in [0, 0.05) is 24.5 Å². The monoisotopic (exact) mass is 383 g/mol. The quantitative estimate of drug-likeness (QED) is 0.827. The van der Waals surface area contributed by atoms with Crippen LogP contribution < -0.4 is 5.32 Å². The summed E-state index contributed by atoms with van der Waals surface area (Å²) in [6.45, 7) is 2.93. The Morgan fingerprint density at radius 3 is 2.61 bits per heavy atom. The second kappa shape index (κ2) is 7.39. The van der Waals surface area contributed by atoms with Crippen molar-refractivity contribution in [3.63, 3.8) is 0 Å². The predicted molar refractivity (Wildman–Crippen MR) is 103 cm³/mol. The van der Waals surface area contributed by atoms with E-state index in [-0.39, 0.29) is 12.3 Å². The molecule has 0 saturated carbocycles. The van der Waals surface area contributed by atoms with E-state index in [4.69, 9.17) is 4.74 Å². The molecule has 2 aliphatic rings. The van der Waals surface area contributed by atoms with Gasteiger partial charge in [0.15, 0.2) is 5.69 Å². The molecule has 28 heavy (non-hydrogen) atoms. The number of nitrogens with zero attached hydrogens (tertiary/aromatic N) is 2. The zero-order chi connectivity index (χ0) is 19.7. The molecule has 0 unspecified atom stereocenters. The van der Waals surface area contributed by atoms with Gasteiger partial charge in [-0.3, -0.25) is 9.59 Å². The second-order valence-electron chi connectivity index (χ2n) is 7.79. The van der Waals surface area contributed by atoms with Crippen molar-refractivity contribution in [2.45, 2.75) is 51.0 Å². The lowest BCUT2D eigenvalue weighted by atomic mass is 9.86. The second-order valence-corrected chi connectivity index (χ2v) is 7.79. The molecule has 1 aliphatic heterocycles. The first-order valence-electron chi connectivity index (χ1n) is 9.77. The largest absolute Gasteiger partial charge is 0.481 e. The average Bonchev–Trinajstić information content (AvgIpc) is 3.25. The van der Waals surface area contributed by atoms with Gasteiger partial charge in [-0.1, -0.05) is 17.7 Å². The molecule has 1 amide bonds. The van der Waals surface area contributed by atoms with Crippen LogP contribution in [0.3, 0.4) is 0 Å². The van der Waals surface area contributed by atoms with Crippen molar-refractivity contribution in [3.8, 4) is 5.69 Å². The fourth-order valence-electron chi connectivity index (χ4n) is 4.22. The summed E-state index contributed by atoms with van der Waals surface area (Å²) >= 11 is 0. The summed E-state index contributed by atoms with van der Waals surface area (Å²) in [5, 5.41) is 17.0. The van der Waals surface area contributed by atoms with Gasteiger partial charge in [-0.05, 0) is 51.2 Å². The number of carbonyl (C=O) groups excluding carboxylic acids is 1. The maximum absolute atomic E-state index is 13.1. The van der Waals surface area contributed by atoms with E-state index in [2.05, 4.69) is 10.4 Å². The van der Waals surface area contributed by atoms with Gasteiger partial charge in [0.1, 0.15) is 0 Å². The minimum atomic E-state index is -0.919. The number of nitrogens with one attached hydrogen (secondary N) is 1. The summed E-state index contributed by atoms with van der Waals surface area (Å²) in [6.07, 6.45) is 3.57. The van der Waals surface area contributed by atoms with Crippen LogP contribution in [0.15, 0.2) is 24.3 Å². The summed E-state index contributed by atoms with van der Waals surface area (Å²) in [7, 11) is 0. The molecule has 148 valence electrons. The standard InChI is InChI=1S/C21H25N3O4/c1-14-5-7-15(8-6-14)24-17-4-2-3-16(17)19(23-24)20(27)22-21(13-18(25)26)9-11-28-12-10-21/h5-8H,2-4,9-13H2,1H3,(H,22,27)(H,25,26). The number of ether oxygens (including phenoxy) is 1.